The zero-order valence-corrected chi connectivity index (χ0v) is 12.6. The molecule has 0 aromatic heterocycles. The third-order valence-electron chi connectivity index (χ3n) is 2.71. The monoisotopic (exact) mass is 254 g/mol. The van der Waals surface area contributed by atoms with E-state index in [1.165, 1.54) is 0 Å². The molecule has 0 bridgehead atoms. The van der Waals surface area contributed by atoms with Crippen LogP contribution in [0.25, 0.3) is 0 Å². The molecule has 0 aromatic rings. The fourth-order valence-corrected chi connectivity index (χ4v) is 1.65. The number of unbranched alkanes of at least 4 members (excludes halogenated alkanes) is 2. The first-order valence-electron chi connectivity index (χ1n) is 7.34. The van der Waals surface area contributed by atoms with E-state index in [0.29, 0.717) is 24.9 Å². The largest absolute Gasteiger partial charge is 0.466 e. The summed E-state index contributed by atoms with van der Waals surface area (Å²) < 4.78 is 5.18. The molecular weight excluding hydrogens is 224 g/mol. The van der Waals surface area contributed by atoms with E-state index in [4.69, 9.17) is 4.74 Å². The van der Waals surface area contributed by atoms with E-state index in [-0.39, 0.29) is 5.97 Å². The molecule has 0 saturated carbocycles. The normalized spacial score (nSPS) is 11.7. The summed E-state index contributed by atoms with van der Waals surface area (Å²) in [5.74, 6) is 1.28. The Balaban J connectivity index is 3.32. The summed E-state index contributed by atoms with van der Waals surface area (Å²) >= 11 is 0. The predicted molar refractivity (Wildman–Crippen MR) is 77.5 cm³/mol. The van der Waals surface area contributed by atoms with Crippen LogP contribution in [0.15, 0.2) is 12.2 Å². The van der Waals surface area contributed by atoms with Crippen LogP contribution < -0.4 is 0 Å². The molecule has 18 heavy (non-hydrogen) atoms. The molecule has 0 fully saturated rings. The van der Waals surface area contributed by atoms with Crippen molar-refractivity contribution in [2.45, 2.75) is 66.2 Å². The number of carbonyl (C=O) groups is 1. The SMILES string of the molecule is CC(C)/C=C/CCCCC(=O)OCCCC(C)C. The summed E-state index contributed by atoms with van der Waals surface area (Å²) in [6, 6.07) is 0. The minimum atomic E-state index is -0.0356. The number of ether oxygens (including phenoxy) is 1. The molecule has 0 heterocycles. The van der Waals surface area contributed by atoms with Gasteiger partial charge in [0, 0.05) is 6.42 Å². The summed E-state index contributed by atoms with van der Waals surface area (Å²) in [7, 11) is 0. The molecular formula is C16H30O2. The highest BCUT2D eigenvalue weighted by molar-refractivity contribution is 5.69. The van der Waals surface area contributed by atoms with Crippen LogP contribution in [0.4, 0.5) is 0 Å². The third-order valence-corrected chi connectivity index (χ3v) is 2.71. The van der Waals surface area contributed by atoms with Gasteiger partial charge in [-0.15, -0.1) is 0 Å². The Hall–Kier alpha value is -0.790. The second-order valence-corrected chi connectivity index (χ2v) is 5.67. The van der Waals surface area contributed by atoms with Crippen LogP contribution in [0.3, 0.4) is 0 Å². The van der Waals surface area contributed by atoms with Crippen LogP contribution in [0.5, 0.6) is 0 Å². The zero-order chi connectivity index (χ0) is 13.8. The molecule has 0 spiro atoms. The van der Waals surface area contributed by atoms with Crippen molar-refractivity contribution in [1.29, 1.82) is 0 Å². The van der Waals surface area contributed by atoms with Crippen molar-refractivity contribution in [2.24, 2.45) is 11.8 Å². The van der Waals surface area contributed by atoms with Gasteiger partial charge in [0.1, 0.15) is 0 Å². The molecule has 2 heteroatoms. The van der Waals surface area contributed by atoms with E-state index in [1.807, 2.05) is 0 Å². The predicted octanol–water partition coefficient (Wildman–Crippen LogP) is 4.74. The number of allylic oxidation sites excluding steroid dienone is 2. The molecule has 0 unspecified atom stereocenters. The van der Waals surface area contributed by atoms with Crippen LogP contribution in [0, 0.1) is 11.8 Å². The highest BCUT2D eigenvalue weighted by atomic mass is 16.5. The topological polar surface area (TPSA) is 26.3 Å². The molecule has 0 aliphatic heterocycles. The second-order valence-electron chi connectivity index (χ2n) is 5.67. The maximum atomic E-state index is 11.4. The van der Waals surface area contributed by atoms with Crippen LogP contribution in [-0.2, 0) is 9.53 Å². The average Bonchev–Trinajstić information content (AvgIpc) is 2.28. The van der Waals surface area contributed by atoms with E-state index in [0.717, 1.165) is 32.1 Å². The van der Waals surface area contributed by atoms with Crippen molar-refractivity contribution in [3.05, 3.63) is 12.2 Å². The lowest BCUT2D eigenvalue weighted by Gasteiger charge is -2.06. The number of carbonyl (C=O) groups excluding carboxylic acids is 1. The maximum absolute atomic E-state index is 11.4. The van der Waals surface area contributed by atoms with E-state index < -0.39 is 0 Å². The first-order chi connectivity index (χ1) is 8.52. The summed E-state index contributed by atoms with van der Waals surface area (Å²) in [6.07, 6.45) is 10.2. The zero-order valence-electron chi connectivity index (χ0n) is 12.6. The Bertz CT molecular complexity index is 229. The van der Waals surface area contributed by atoms with Gasteiger partial charge in [-0.2, -0.15) is 0 Å². The number of esters is 1. The van der Waals surface area contributed by atoms with Gasteiger partial charge in [0.15, 0.2) is 0 Å². The lowest BCUT2D eigenvalue weighted by Crippen LogP contribution is -2.06. The van der Waals surface area contributed by atoms with Gasteiger partial charge in [-0.1, -0.05) is 39.8 Å². The van der Waals surface area contributed by atoms with Crippen molar-refractivity contribution in [3.63, 3.8) is 0 Å². The molecule has 0 aliphatic rings. The molecule has 106 valence electrons. The van der Waals surface area contributed by atoms with Gasteiger partial charge in [-0.25, -0.2) is 0 Å². The van der Waals surface area contributed by atoms with Gasteiger partial charge >= 0.3 is 5.97 Å². The Labute approximate surface area is 113 Å². The Morgan fingerprint density at radius 2 is 1.83 bits per heavy atom. The van der Waals surface area contributed by atoms with E-state index in [9.17, 15) is 4.79 Å². The van der Waals surface area contributed by atoms with Crippen molar-refractivity contribution in [1.82, 2.24) is 0 Å². The summed E-state index contributed by atoms with van der Waals surface area (Å²) in [5.41, 5.74) is 0. The third kappa shape index (κ3) is 13.3. The molecule has 0 N–H and O–H groups in total. The lowest BCUT2D eigenvalue weighted by atomic mass is 10.1. The van der Waals surface area contributed by atoms with Crippen LogP contribution in [-0.4, -0.2) is 12.6 Å². The smallest absolute Gasteiger partial charge is 0.305 e. The molecule has 0 amide bonds. The lowest BCUT2D eigenvalue weighted by molar-refractivity contribution is -0.143. The van der Waals surface area contributed by atoms with E-state index >= 15 is 0 Å². The Morgan fingerprint density at radius 3 is 2.44 bits per heavy atom. The van der Waals surface area contributed by atoms with Gasteiger partial charge < -0.3 is 4.74 Å². The molecule has 0 aromatic carbocycles. The molecule has 2 nitrogen and oxygen atoms in total. The number of hydrogen-bond acceptors (Lipinski definition) is 2. The highest BCUT2D eigenvalue weighted by Gasteiger charge is 2.02. The van der Waals surface area contributed by atoms with Gasteiger partial charge in [0.2, 0.25) is 0 Å². The van der Waals surface area contributed by atoms with Crippen LogP contribution >= 0.6 is 0 Å². The van der Waals surface area contributed by atoms with Crippen molar-refractivity contribution in [2.75, 3.05) is 6.61 Å². The fraction of sp³-hybridized carbons (Fsp3) is 0.812. The van der Waals surface area contributed by atoms with Crippen LogP contribution in [0.2, 0.25) is 0 Å². The van der Waals surface area contributed by atoms with Crippen molar-refractivity contribution >= 4 is 5.97 Å². The van der Waals surface area contributed by atoms with Crippen LogP contribution in [0.1, 0.15) is 66.2 Å². The van der Waals surface area contributed by atoms with Gasteiger partial charge in [0.25, 0.3) is 0 Å². The summed E-state index contributed by atoms with van der Waals surface area (Å²) in [5, 5.41) is 0. The molecule has 0 atom stereocenters. The second kappa shape index (κ2) is 11.3. The van der Waals surface area contributed by atoms with Gasteiger partial charge in [-0.05, 0) is 43.9 Å². The quantitative estimate of drug-likeness (QED) is 0.320. The first kappa shape index (κ1) is 17.2. The molecule has 0 aliphatic carbocycles. The maximum Gasteiger partial charge on any atom is 0.305 e. The molecule has 0 radical (unpaired) electrons. The average molecular weight is 254 g/mol. The molecule has 0 rings (SSSR count). The molecule has 0 saturated heterocycles. The van der Waals surface area contributed by atoms with E-state index in [2.05, 4.69) is 39.8 Å². The van der Waals surface area contributed by atoms with Gasteiger partial charge in [0.05, 0.1) is 6.61 Å². The standard InChI is InChI=1S/C16H30O2/c1-14(2)10-7-5-6-8-12-16(17)18-13-9-11-15(3)4/h7,10,14-15H,5-6,8-9,11-13H2,1-4H3/b10-7+. The summed E-state index contributed by atoms with van der Waals surface area (Å²) in [4.78, 5) is 11.4. The summed E-state index contributed by atoms with van der Waals surface area (Å²) in [6.45, 7) is 9.30. The fourth-order valence-electron chi connectivity index (χ4n) is 1.65. The number of hydrogen-bond donors (Lipinski definition) is 0. The Kier molecular flexibility index (Phi) is 10.8. The Morgan fingerprint density at radius 1 is 1.11 bits per heavy atom. The van der Waals surface area contributed by atoms with E-state index in [1.54, 1.807) is 0 Å². The van der Waals surface area contributed by atoms with Gasteiger partial charge in [-0.3, -0.25) is 4.79 Å². The van der Waals surface area contributed by atoms with Crippen molar-refractivity contribution < 1.29 is 9.53 Å². The minimum absolute atomic E-state index is 0.0356. The number of rotatable bonds is 10. The first-order valence-corrected chi connectivity index (χ1v) is 7.34. The van der Waals surface area contributed by atoms with Crippen molar-refractivity contribution in [3.8, 4) is 0 Å². The highest BCUT2D eigenvalue weighted by Crippen LogP contribution is 2.06. The minimum Gasteiger partial charge on any atom is -0.466 e.